The molecule has 1 aliphatic rings. The van der Waals surface area contributed by atoms with Gasteiger partial charge in [0.05, 0.1) is 16.9 Å². The molecular weight excluding hydrogens is 314 g/mol. The summed E-state index contributed by atoms with van der Waals surface area (Å²) in [6.45, 7) is 1.68. The van der Waals surface area contributed by atoms with E-state index in [2.05, 4.69) is 15.0 Å². The lowest BCUT2D eigenvalue weighted by molar-refractivity contribution is 0.550. The van der Waals surface area contributed by atoms with E-state index in [9.17, 15) is 13.2 Å². The highest BCUT2D eigenvalue weighted by Gasteiger charge is 2.27. The van der Waals surface area contributed by atoms with Gasteiger partial charge in [0.2, 0.25) is 0 Å². The minimum absolute atomic E-state index is 0.0126. The second kappa shape index (κ2) is 5.06. The fraction of sp³-hybridized carbons (Fsp3) is 0.462. The molecule has 0 bridgehead atoms. The summed E-state index contributed by atoms with van der Waals surface area (Å²) in [6.07, 6.45) is 1.01. The summed E-state index contributed by atoms with van der Waals surface area (Å²) in [6, 6.07) is 1.69. The van der Waals surface area contributed by atoms with Crippen LogP contribution in [-0.4, -0.2) is 34.9 Å². The number of aromatic nitrogens is 3. The Labute approximate surface area is 126 Å². The molecule has 1 saturated heterocycles. The fourth-order valence-corrected chi connectivity index (χ4v) is 4.44. The van der Waals surface area contributed by atoms with Crippen LogP contribution in [0.1, 0.15) is 30.1 Å². The van der Waals surface area contributed by atoms with E-state index in [1.165, 1.54) is 0 Å². The number of halogens is 1. The summed E-state index contributed by atoms with van der Waals surface area (Å²) in [5.41, 5.74) is 0.787. The van der Waals surface area contributed by atoms with Gasteiger partial charge in [-0.3, -0.25) is 4.79 Å². The number of hydrogen-bond acceptors (Lipinski definition) is 5. The molecule has 3 rings (SSSR count). The Bertz CT molecular complexity index is 862. The minimum atomic E-state index is -2.94. The van der Waals surface area contributed by atoms with Gasteiger partial charge in [0.15, 0.2) is 5.65 Å². The predicted molar refractivity (Wildman–Crippen MR) is 80.5 cm³/mol. The van der Waals surface area contributed by atoms with Gasteiger partial charge < -0.3 is 4.98 Å². The van der Waals surface area contributed by atoms with Gasteiger partial charge in [-0.2, -0.15) is 0 Å². The van der Waals surface area contributed by atoms with E-state index in [1.807, 2.05) is 0 Å². The number of nitrogens with zero attached hydrogens (tertiary/aromatic N) is 2. The molecule has 2 aromatic rings. The van der Waals surface area contributed by atoms with Crippen molar-refractivity contribution in [3.05, 3.63) is 33.0 Å². The molecule has 112 valence electrons. The Morgan fingerprint density at radius 3 is 2.62 bits per heavy atom. The van der Waals surface area contributed by atoms with Crippen molar-refractivity contribution in [3.8, 4) is 0 Å². The molecule has 0 amide bonds. The molecule has 21 heavy (non-hydrogen) atoms. The van der Waals surface area contributed by atoms with E-state index >= 15 is 0 Å². The van der Waals surface area contributed by atoms with E-state index in [0.29, 0.717) is 34.9 Å². The van der Waals surface area contributed by atoms with Crippen molar-refractivity contribution in [2.24, 2.45) is 0 Å². The first-order valence-electron chi connectivity index (χ1n) is 6.63. The number of fused-ring (bicyclic) bond motifs is 1. The Hall–Kier alpha value is -1.47. The molecule has 0 unspecified atom stereocenters. The second-order valence-electron chi connectivity index (χ2n) is 5.32. The predicted octanol–water partition coefficient (Wildman–Crippen LogP) is 1.57. The molecule has 0 spiro atoms. The van der Waals surface area contributed by atoms with Crippen molar-refractivity contribution in [2.45, 2.75) is 25.7 Å². The summed E-state index contributed by atoms with van der Waals surface area (Å²) in [5.74, 6) is 0.787. The molecule has 1 fully saturated rings. The summed E-state index contributed by atoms with van der Waals surface area (Å²) < 4.78 is 23.0. The Morgan fingerprint density at radius 1 is 1.29 bits per heavy atom. The van der Waals surface area contributed by atoms with E-state index in [-0.39, 0.29) is 23.0 Å². The van der Waals surface area contributed by atoms with E-state index in [0.717, 1.165) is 5.56 Å². The van der Waals surface area contributed by atoms with Gasteiger partial charge in [0.1, 0.15) is 20.8 Å². The smallest absolute Gasteiger partial charge is 0.260 e. The highest BCUT2D eigenvalue weighted by atomic mass is 35.5. The molecule has 1 N–H and O–H groups in total. The van der Waals surface area contributed by atoms with Gasteiger partial charge >= 0.3 is 0 Å². The van der Waals surface area contributed by atoms with Crippen LogP contribution < -0.4 is 5.56 Å². The molecule has 1 aliphatic heterocycles. The van der Waals surface area contributed by atoms with Crippen LogP contribution in [0.3, 0.4) is 0 Å². The Balaban J connectivity index is 2.08. The number of H-pyrrole nitrogens is 1. The van der Waals surface area contributed by atoms with Crippen molar-refractivity contribution in [3.63, 3.8) is 0 Å². The lowest BCUT2D eigenvalue weighted by Gasteiger charge is -2.22. The third-order valence-electron chi connectivity index (χ3n) is 3.79. The molecule has 0 atom stereocenters. The monoisotopic (exact) mass is 327 g/mol. The second-order valence-corrected chi connectivity index (χ2v) is 7.98. The zero-order valence-corrected chi connectivity index (χ0v) is 13.0. The average molecular weight is 328 g/mol. The number of aryl methyl sites for hydroxylation is 1. The summed E-state index contributed by atoms with van der Waals surface area (Å²) in [4.78, 5) is 23.0. The maximum Gasteiger partial charge on any atom is 0.260 e. The van der Waals surface area contributed by atoms with Crippen LogP contribution >= 0.6 is 11.6 Å². The van der Waals surface area contributed by atoms with Crippen LogP contribution in [0.5, 0.6) is 0 Å². The standard InChI is InChI=1S/C13H14ClN3O3S/c1-7-15-12-10(13(18)16-7)6-9(11(14)17-12)8-2-4-21(19,20)5-3-8/h6,8H,2-5H2,1H3,(H,15,16,17,18). The summed E-state index contributed by atoms with van der Waals surface area (Å²) in [5, 5.41) is 0.678. The highest BCUT2D eigenvalue weighted by Crippen LogP contribution is 2.33. The quantitative estimate of drug-likeness (QED) is 0.802. The van der Waals surface area contributed by atoms with Crippen molar-refractivity contribution >= 4 is 32.5 Å². The lowest BCUT2D eigenvalue weighted by atomic mass is 9.94. The Kier molecular flexibility index (Phi) is 3.49. The summed E-state index contributed by atoms with van der Waals surface area (Å²) >= 11 is 6.20. The first-order valence-corrected chi connectivity index (χ1v) is 8.83. The van der Waals surface area contributed by atoms with Crippen LogP contribution in [-0.2, 0) is 9.84 Å². The number of pyridine rings is 1. The van der Waals surface area contributed by atoms with Gasteiger partial charge in [0, 0.05) is 0 Å². The SMILES string of the molecule is Cc1nc2nc(Cl)c(C3CCS(=O)(=O)CC3)cc2c(=O)[nH]1. The van der Waals surface area contributed by atoms with Crippen molar-refractivity contribution < 1.29 is 8.42 Å². The third-order valence-corrected chi connectivity index (χ3v) is 5.81. The van der Waals surface area contributed by atoms with Crippen LogP contribution in [0.2, 0.25) is 5.15 Å². The van der Waals surface area contributed by atoms with Gasteiger partial charge in [-0.15, -0.1) is 0 Å². The van der Waals surface area contributed by atoms with Crippen molar-refractivity contribution in [1.82, 2.24) is 15.0 Å². The molecule has 3 heterocycles. The first-order chi connectivity index (χ1) is 9.85. The van der Waals surface area contributed by atoms with Crippen LogP contribution in [0.4, 0.5) is 0 Å². The van der Waals surface area contributed by atoms with Crippen molar-refractivity contribution in [2.75, 3.05) is 11.5 Å². The number of rotatable bonds is 1. The molecule has 8 heteroatoms. The topological polar surface area (TPSA) is 92.8 Å². The number of aromatic amines is 1. The third kappa shape index (κ3) is 2.80. The molecule has 2 aromatic heterocycles. The summed E-state index contributed by atoms with van der Waals surface area (Å²) in [7, 11) is -2.94. The van der Waals surface area contributed by atoms with Gasteiger partial charge in [-0.05, 0) is 37.3 Å². The zero-order chi connectivity index (χ0) is 15.2. The van der Waals surface area contributed by atoms with E-state index in [4.69, 9.17) is 11.6 Å². The maximum atomic E-state index is 12.0. The molecule has 0 saturated carbocycles. The Morgan fingerprint density at radius 2 is 1.95 bits per heavy atom. The molecule has 0 aromatic carbocycles. The number of hydrogen-bond donors (Lipinski definition) is 1. The highest BCUT2D eigenvalue weighted by molar-refractivity contribution is 7.91. The molecule has 6 nitrogen and oxygen atoms in total. The first kappa shape index (κ1) is 14.5. The van der Waals surface area contributed by atoms with E-state index in [1.54, 1.807) is 13.0 Å². The van der Waals surface area contributed by atoms with Gasteiger partial charge in [-0.25, -0.2) is 18.4 Å². The van der Waals surface area contributed by atoms with Gasteiger partial charge in [0.25, 0.3) is 5.56 Å². The van der Waals surface area contributed by atoms with Crippen molar-refractivity contribution in [1.29, 1.82) is 0 Å². The van der Waals surface area contributed by atoms with Crippen LogP contribution in [0.15, 0.2) is 10.9 Å². The molecule has 0 radical (unpaired) electrons. The maximum absolute atomic E-state index is 12.0. The normalized spacial score (nSPS) is 19.0. The lowest BCUT2D eigenvalue weighted by Crippen LogP contribution is -2.22. The molecule has 0 aliphatic carbocycles. The average Bonchev–Trinajstić information content (AvgIpc) is 2.38. The van der Waals surface area contributed by atoms with Crippen LogP contribution in [0, 0.1) is 6.92 Å². The minimum Gasteiger partial charge on any atom is -0.310 e. The largest absolute Gasteiger partial charge is 0.310 e. The fourth-order valence-electron chi connectivity index (χ4n) is 2.66. The molecular formula is C13H14ClN3O3S. The van der Waals surface area contributed by atoms with Gasteiger partial charge in [-0.1, -0.05) is 11.6 Å². The van der Waals surface area contributed by atoms with E-state index < -0.39 is 9.84 Å². The zero-order valence-electron chi connectivity index (χ0n) is 11.4. The number of nitrogens with one attached hydrogen (secondary N) is 1. The number of sulfone groups is 1. The van der Waals surface area contributed by atoms with Crippen LogP contribution in [0.25, 0.3) is 11.0 Å².